The smallest absolute Gasteiger partial charge is 0.254 e. The SMILES string of the molecule is Cc1cc(N)cc(C(=O)N2CC=CCC2)c1. The molecule has 0 saturated carbocycles. The van der Waals surface area contributed by atoms with E-state index in [4.69, 9.17) is 5.73 Å². The van der Waals surface area contributed by atoms with Crippen LogP contribution < -0.4 is 5.73 Å². The van der Waals surface area contributed by atoms with E-state index in [0.717, 1.165) is 18.5 Å². The first-order valence-corrected chi connectivity index (χ1v) is 5.48. The number of nitrogens with zero attached hydrogens (tertiary/aromatic N) is 1. The fourth-order valence-corrected chi connectivity index (χ4v) is 1.94. The molecule has 16 heavy (non-hydrogen) atoms. The van der Waals surface area contributed by atoms with Crippen molar-refractivity contribution in [1.82, 2.24) is 4.90 Å². The minimum atomic E-state index is 0.0692. The third-order valence-corrected chi connectivity index (χ3v) is 2.69. The van der Waals surface area contributed by atoms with Crippen molar-refractivity contribution < 1.29 is 4.79 Å². The molecule has 0 radical (unpaired) electrons. The predicted octanol–water partition coefficient (Wildman–Crippen LogP) is 1.98. The van der Waals surface area contributed by atoms with Crippen LogP contribution in [-0.4, -0.2) is 23.9 Å². The van der Waals surface area contributed by atoms with Crippen LogP contribution in [0.25, 0.3) is 0 Å². The zero-order chi connectivity index (χ0) is 11.5. The van der Waals surface area contributed by atoms with Gasteiger partial charge in [0.15, 0.2) is 0 Å². The molecule has 2 rings (SSSR count). The summed E-state index contributed by atoms with van der Waals surface area (Å²) in [5, 5.41) is 0. The molecular weight excluding hydrogens is 200 g/mol. The number of carbonyl (C=O) groups excluding carboxylic acids is 1. The summed E-state index contributed by atoms with van der Waals surface area (Å²) in [4.78, 5) is 14.0. The van der Waals surface area contributed by atoms with Crippen molar-refractivity contribution in [3.63, 3.8) is 0 Å². The molecule has 0 unspecified atom stereocenters. The zero-order valence-electron chi connectivity index (χ0n) is 9.44. The van der Waals surface area contributed by atoms with Crippen molar-refractivity contribution in [2.75, 3.05) is 18.8 Å². The van der Waals surface area contributed by atoms with Gasteiger partial charge in [0.2, 0.25) is 0 Å². The van der Waals surface area contributed by atoms with E-state index in [9.17, 15) is 4.79 Å². The van der Waals surface area contributed by atoms with E-state index in [1.54, 1.807) is 6.07 Å². The Morgan fingerprint density at radius 2 is 2.12 bits per heavy atom. The van der Waals surface area contributed by atoms with E-state index < -0.39 is 0 Å². The van der Waals surface area contributed by atoms with Gasteiger partial charge in [-0.3, -0.25) is 4.79 Å². The molecule has 0 aromatic heterocycles. The maximum absolute atomic E-state index is 12.1. The summed E-state index contributed by atoms with van der Waals surface area (Å²) in [6.07, 6.45) is 5.07. The number of carbonyl (C=O) groups is 1. The summed E-state index contributed by atoms with van der Waals surface area (Å²) in [5.41, 5.74) is 8.10. The van der Waals surface area contributed by atoms with E-state index >= 15 is 0 Å². The normalized spacial score (nSPS) is 15.2. The number of benzene rings is 1. The molecule has 3 heteroatoms. The van der Waals surface area contributed by atoms with Gasteiger partial charge >= 0.3 is 0 Å². The molecule has 84 valence electrons. The fraction of sp³-hybridized carbons (Fsp3) is 0.308. The summed E-state index contributed by atoms with van der Waals surface area (Å²) in [7, 11) is 0. The number of amides is 1. The van der Waals surface area contributed by atoms with Crippen molar-refractivity contribution in [3.05, 3.63) is 41.5 Å². The Balaban J connectivity index is 2.23. The highest BCUT2D eigenvalue weighted by Crippen LogP contribution is 2.14. The molecule has 0 saturated heterocycles. The lowest BCUT2D eigenvalue weighted by molar-refractivity contribution is 0.0771. The third kappa shape index (κ3) is 2.24. The predicted molar refractivity (Wildman–Crippen MR) is 65.3 cm³/mol. The minimum absolute atomic E-state index is 0.0692. The van der Waals surface area contributed by atoms with E-state index in [1.807, 2.05) is 30.0 Å². The number of rotatable bonds is 1. The summed E-state index contributed by atoms with van der Waals surface area (Å²) >= 11 is 0. The third-order valence-electron chi connectivity index (χ3n) is 2.69. The Labute approximate surface area is 95.6 Å². The average Bonchev–Trinajstić information content (AvgIpc) is 2.28. The number of nitrogens with two attached hydrogens (primary N) is 1. The number of hydrogen-bond acceptors (Lipinski definition) is 2. The fourth-order valence-electron chi connectivity index (χ4n) is 1.94. The van der Waals surface area contributed by atoms with Gasteiger partial charge in [-0.15, -0.1) is 0 Å². The van der Waals surface area contributed by atoms with Gasteiger partial charge < -0.3 is 10.6 Å². The Morgan fingerprint density at radius 3 is 2.75 bits per heavy atom. The lowest BCUT2D eigenvalue weighted by Crippen LogP contribution is -2.33. The van der Waals surface area contributed by atoms with Crippen molar-refractivity contribution in [2.45, 2.75) is 13.3 Å². The van der Waals surface area contributed by atoms with Crippen LogP contribution in [0, 0.1) is 6.92 Å². The van der Waals surface area contributed by atoms with Crippen LogP contribution in [0.1, 0.15) is 22.3 Å². The summed E-state index contributed by atoms with van der Waals surface area (Å²) in [6, 6.07) is 5.50. The molecule has 1 aliphatic rings. The van der Waals surface area contributed by atoms with Crippen LogP contribution in [0.15, 0.2) is 30.4 Å². The largest absolute Gasteiger partial charge is 0.399 e. The van der Waals surface area contributed by atoms with Crippen molar-refractivity contribution >= 4 is 11.6 Å². The van der Waals surface area contributed by atoms with E-state index in [-0.39, 0.29) is 5.91 Å². The maximum atomic E-state index is 12.1. The highest BCUT2D eigenvalue weighted by Gasteiger charge is 2.16. The quantitative estimate of drug-likeness (QED) is 0.576. The van der Waals surface area contributed by atoms with Gasteiger partial charge in [-0.1, -0.05) is 12.2 Å². The Morgan fingerprint density at radius 1 is 1.31 bits per heavy atom. The van der Waals surface area contributed by atoms with Crippen molar-refractivity contribution in [3.8, 4) is 0 Å². The van der Waals surface area contributed by atoms with Gasteiger partial charge in [0.25, 0.3) is 5.91 Å². The number of anilines is 1. The first-order valence-electron chi connectivity index (χ1n) is 5.48. The minimum Gasteiger partial charge on any atom is -0.399 e. The van der Waals surface area contributed by atoms with Gasteiger partial charge in [-0.25, -0.2) is 0 Å². The second-order valence-electron chi connectivity index (χ2n) is 4.14. The number of nitrogen functional groups attached to an aromatic ring is 1. The molecule has 1 heterocycles. The van der Waals surface area contributed by atoms with Gasteiger partial charge in [0.05, 0.1) is 0 Å². The number of hydrogen-bond donors (Lipinski definition) is 1. The Hall–Kier alpha value is -1.77. The lowest BCUT2D eigenvalue weighted by Gasteiger charge is -2.23. The topological polar surface area (TPSA) is 46.3 Å². The second kappa shape index (κ2) is 4.39. The molecule has 0 aliphatic carbocycles. The van der Waals surface area contributed by atoms with E-state index in [2.05, 4.69) is 6.08 Å². The molecule has 2 N–H and O–H groups in total. The Bertz CT molecular complexity index is 417. The average molecular weight is 216 g/mol. The first kappa shape index (κ1) is 10.7. The van der Waals surface area contributed by atoms with Gasteiger partial charge in [-0.05, 0) is 37.1 Å². The molecule has 1 aromatic rings. The summed E-state index contributed by atoms with van der Waals surface area (Å²) < 4.78 is 0. The van der Waals surface area contributed by atoms with Gasteiger partial charge in [0.1, 0.15) is 0 Å². The molecule has 0 fully saturated rings. The zero-order valence-corrected chi connectivity index (χ0v) is 9.44. The van der Waals surface area contributed by atoms with Gasteiger partial charge in [-0.2, -0.15) is 0 Å². The van der Waals surface area contributed by atoms with Crippen LogP contribution in [0.3, 0.4) is 0 Å². The van der Waals surface area contributed by atoms with Crippen molar-refractivity contribution in [1.29, 1.82) is 0 Å². The van der Waals surface area contributed by atoms with E-state index in [0.29, 0.717) is 17.8 Å². The maximum Gasteiger partial charge on any atom is 0.254 e. The highest BCUT2D eigenvalue weighted by atomic mass is 16.2. The van der Waals surface area contributed by atoms with Gasteiger partial charge in [0, 0.05) is 24.3 Å². The Kier molecular flexibility index (Phi) is 2.95. The summed E-state index contributed by atoms with van der Waals surface area (Å²) in [5.74, 6) is 0.0692. The van der Waals surface area contributed by atoms with Crippen LogP contribution in [0.2, 0.25) is 0 Å². The molecular formula is C13H16N2O. The second-order valence-corrected chi connectivity index (χ2v) is 4.14. The van der Waals surface area contributed by atoms with Crippen LogP contribution in [-0.2, 0) is 0 Å². The molecule has 1 aliphatic heterocycles. The molecule has 0 spiro atoms. The molecule has 1 aromatic carbocycles. The molecule has 0 atom stereocenters. The van der Waals surface area contributed by atoms with Crippen LogP contribution in [0.5, 0.6) is 0 Å². The molecule has 0 bridgehead atoms. The van der Waals surface area contributed by atoms with Crippen LogP contribution in [0.4, 0.5) is 5.69 Å². The highest BCUT2D eigenvalue weighted by molar-refractivity contribution is 5.95. The summed E-state index contributed by atoms with van der Waals surface area (Å²) in [6.45, 7) is 3.44. The molecule has 1 amide bonds. The first-order chi connectivity index (χ1) is 7.66. The molecule has 3 nitrogen and oxygen atoms in total. The van der Waals surface area contributed by atoms with Crippen molar-refractivity contribution in [2.24, 2.45) is 0 Å². The number of aryl methyl sites for hydroxylation is 1. The lowest BCUT2D eigenvalue weighted by atomic mass is 10.1. The standard InChI is InChI=1S/C13H16N2O/c1-10-7-11(9-12(14)8-10)13(16)15-5-3-2-4-6-15/h2-3,7-9H,4-6,14H2,1H3. The van der Waals surface area contributed by atoms with E-state index in [1.165, 1.54) is 0 Å². The monoisotopic (exact) mass is 216 g/mol. The van der Waals surface area contributed by atoms with Crippen LogP contribution >= 0.6 is 0 Å².